The largest absolute Gasteiger partial charge is 0.434 e. The molecule has 2 heterocycles. The van der Waals surface area contributed by atoms with Crippen LogP contribution in [0.25, 0.3) is 11.4 Å². The molecule has 3 aromatic rings. The summed E-state index contributed by atoms with van der Waals surface area (Å²) in [7, 11) is 0. The summed E-state index contributed by atoms with van der Waals surface area (Å²) >= 11 is 1.92. The maximum Gasteiger partial charge on any atom is 0.434 e. The lowest BCUT2D eigenvalue weighted by Gasteiger charge is -2.06. The first-order valence-corrected chi connectivity index (χ1v) is 8.48. The molecule has 0 aliphatic rings. The average molecular weight is 374 g/mol. The standard InChI is InChI=1S/C14H10F4N4S2/c1-2-22-11(8-3-5-9(15)6-4-8)20-21-12(22)24-13-19-10(7-23-13)14(16,17)18/h3-7H,2H2,1H3. The Labute approximate surface area is 142 Å². The second kappa shape index (κ2) is 6.52. The van der Waals surface area contributed by atoms with Crippen LogP contribution in [-0.2, 0) is 12.7 Å². The molecule has 3 rings (SSSR count). The average Bonchev–Trinajstić information content (AvgIpc) is 3.15. The third-order valence-electron chi connectivity index (χ3n) is 3.09. The molecule has 0 atom stereocenters. The Hall–Kier alpha value is -1.94. The van der Waals surface area contributed by atoms with E-state index < -0.39 is 11.9 Å². The van der Waals surface area contributed by atoms with Crippen LogP contribution in [0.3, 0.4) is 0 Å². The maximum absolute atomic E-state index is 13.0. The summed E-state index contributed by atoms with van der Waals surface area (Å²) in [6.07, 6.45) is -4.47. The van der Waals surface area contributed by atoms with Crippen molar-refractivity contribution in [1.29, 1.82) is 0 Å². The van der Waals surface area contributed by atoms with Gasteiger partial charge in [-0.2, -0.15) is 13.2 Å². The summed E-state index contributed by atoms with van der Waals surface area (Å²) in [6.45, 7) is 2.38. The van der Waals surface area contributed by atoms with E-state index in [1.807, 2.05) is 6.92 Å². The van der Waals surface area contributed by atoms with Gasteiger partial charge in [-0.1, -0.05) is 0 Å². The summed E-state index contributed by atoms with van der Waals surface area (Å²) in [5, 5.41) is 9.48. The number of benzene rings is 1. The van der Waals surface area contributed by atoms with Gasteiger partial charge in [-0.15, -0.1) is 21.5 Å². The Morgan fingerprint density at radius 2 is 1.88 bits per heavy atom. The molecule has 0 radical (unpaired) electrons. The molecule has 0 saturated heterocycles. The highest BCUT2D eigenvalue weighted by molar-refractivity contribution is 8.00. The molecule has 0 saturated carbocycles. The van der Waals surface area contributed by atoms with Crippen molar-refractivity contribution in [3.05, 3.63) is 41.2 Å². The van der Waals surface area contributed by atoms with Crippen molar-refractivity contribution in [2.45, 2.75) is 29.1 Å². The molecule has 0 bridgehead atoms. The van der Waals surface area contributed by atoms with Gasteiger partial charge < -0.3 is 4.57 Å². The van der Waals surface area contributed by atoms with Gasteiger partial charge in [0, 0.05) is 17.5 Å². The third kappa shape index (κ3) is 3.44. The first-order valence-electron chi connectivity index (χ1n) is 6.78. The van der Waals surface area contributed by atoms with E-state index in [1.54, 1.807) is 16.7 Å². The van der Waals surface area contributed by atoms with E-state index in [2.05, 4.69) is 15.2 Å². The Kier molecular flexibility index (Phi) is 4.59. The van der Waals surface area contributed by atoms with Crippen LogP contribution in [-0.4, -0.2) is 19.7 Å². The van der Waals surface area contributed by atoms with E-state index >= 15 is 0 Å². The molecular formula is C14H10F4N4S2. The fourth-order valence-electron chi connectivity index (χ4n) is 1.97. The molecular weight excluding hydrogens is 364 g/mol. The van der Waals surface area contributed by atoms with Gasteiger partial charge in [-0.3, -0.25) is 0 Å². The van der Waals surface area contributed by atoms with E-state index in [0.29, 0.717) is 23.1 Å². The molecule has 10 heteroatoms. The van der Waals surface area contributed by atoms with Gasteiger partial charge in [-0.25, -0.2) is 9.37 Å². The normalized spacial score (nSPS) is 11.9. The quantitative estimate of drug-likeness (QED) is 0.619. The van der Waals surface area contributed by atoms with Gasteiger partial charge in [0.2, 0.25) is 0 Å². The van der Waals surface area contributed by atoms with Crippen LogP contribution < -0.4 is 0 Å². The number of thiazole rings is 1. The summed E-state index contributed by atoms with van der Waals surface area (Å²) < 4.78 is 52.8. The summed E-state index contributed by atoms with van der Waals surface area (Å²) in [4.78, 5) is 3.57. The molecule has 0 fully saturated rings. The Bertz CT molecular complexity index is 839. The molecule has 0 aliphatic heterocycles. The number of aromatic nitrogens is 4. The molecule has 24 heavy (non-hydrogen) atoms. The zero-order valence-electron chi connectivity index (χ0n) is 12.2. The van der Waals surface area contributed by atoms with Gasteiger partial charge in [0.15, 0.2) is 21.0 Å². The van der Waals surface area contributed by atoms with Crippen LogP contribution >= 0.6 is 23.1 Å². The number of alkyl halides is 3. The minimum Gasteiger partial charge on any atom is -0.302 e. The first-order chi connectivity index (χ1) is 11.4. The Balaban J connectivity index is 1.89. The van der Waals surface area contributed by atoms with E-state index in [4.69, 9.17) is 0 Å². The minimum atomic E-state index is -4.47. The van der Waals surface area contributed by atoms with Crippen LogP contribution in [0, 0.1) is 5.82 Å². The Morgan fingerprint density at radius 1 is 1.17 bits per heavy atom. The number of nitrogens with zero attached hydrogens (tertiary/aromatic N) is 4. The second-order valence-corrected chi connectivity index (χ2v) is 6.73. The van der Waals surface area contributed by atoms with Gasteiger partial charge in [-0.05, 0) is 43.0 Å². The van der Waals surface area contributed by atoms with E-state index in [0.717, 1.165) is 28.5 Å². The van der Waals surface area contributed by atoms with Crippen molar-refractivity contribution in [3.8, 4) is 11.4 Å². The van der Waals surface area contributed by atoms with Crippen molar-refractivity contribution < 1.29 is 17.6 Å². The van der Waals surface area contributed by atoms with Crippen LogP contribution in [0.4, 0.5) is 17.6 Å². The van der Waals surface area contributed by atoms with E-state index in [-0.39, 0.29) is 10.2 Å². The summed E-state index contributed by atoms with van der Waals surface area (Å²) in [5.41, 5.74) is -0.246. The third-order valence-corrected chi connectivity index (χ3v) is 5.01. The molecule has 1 aromatic carbocycles. The first kappa shape index (κ1) is 16.9. The lowest BCUT2D eigenvalue weighted by Crippen LogP contribution is -2.04. The van der Waals surface area contributed by atoms with Crippen molar-refractivity contribution in [1.82, 2.24) is 19.7 Å². The van der Waals surface area contributed by atoms with E-state index in [1.165, 1.54) is 12.1 Å². The number of rotatable bonds is 4. The second-order valence-electron chi connectivity index (χ2n) is 4.66. The van der Waals surface area contributed by atoms with Gasteiger partial charge in [0.05, 0.1) is 0 Å². The monoisotopic (exact) mass is 374 g/mol. The van der Waals surface area contributed by atoms with Crippen molar-refractivity contribution in [2.24, 2.45) is 0 Å². The topological polar surface area (TPSA) is 43.6 Å². The van der Waals surface area contributed by atoms with Crippen LogP contribution in [0.2, 0.25) is 0 Å². The van der Waals surface area contributed by atoms with Crippen molar-refractivity contribution in [3.63, 3.8) is 0 Å². The van der Waals surface area contributed by atoms with Crippen molar-refractivity contribution >= 4 is 23.1 Å². The molecule has 0 unspecified atom stereocenters. The zero-order valence-corrected chi connectivity index (χ0v) is 13.8. The summed E-state index contributed by atoms with van der Waals surface area (Å²) in [5.74, 6) is 0.158. The number of hydrogen-bond acceptors (Lipinski definition) is 5. The predicted molar refractivity (Wildman–Crippen MR) is 82.3 cm³/mol. The Morgan fingerprint density at radius 3 is 2.46 bits per heavy atom. The molecule has 126 valence electrons. The van der Waals surface area contributed by atoms with Gasteiger partial charge in [0.1, 0.15) is 5.82 Å². The van der Waals surface area contributed by atoms with Crippen LogP contribution in [0.5, 0.6) is 0 Å². The molecule has 0 amide bonds. The van der Waals surface area contributed by atoms with Crippen LogP contribution in [0.15, 0.2) is 39.1 Å². The van der Waals surface area contributed by atoms with Gasteiger partial charge in [0.25, 0.3) is 0 Å². The smallest absolute Gasteiger partial charge is 0.302 e. The highest BCUT2D eigenvalue weighted by Crippen LogP contribution is 2.36. The summed E-state index contributed by atoms with van der Waals surface area (Å²) in [6, 6.07) is 5.77. The fourth-order valence-corrected chi connectivity index (χ4v) is 3.79. The molecule has 0 aliphatic carbocycles. The molecule has 0 spiro atoms. The fraction of sp³-hybridized carbons (Fsp3) is 0.214. The van der Waals surface area contributed by atoms with Crippen molar-refractivity contribution in [2.75, 3.05) is 0 Å². The van der Waals surface area contributed by atoms with Crippen LogP contribution in [0.1, 0.15) is 12.6 Å². The lowest BCUT2D eigenvalue weighted by atomic mass is 10.2. The van der Waals surface area contributed by atoms with Gasteiger partial charge >= 0.3 is 6.18 Å². The zero-order chi connectivity index (χ0) is 17.3. The van der Waals surface area contributed by atoms with E-state index in [9.17, 15) is 17.6 Å². The molecule has 2 aromatic heterocycles. The molecule has 0 N–H and O–H groups in total. The number of halogens is 4. The maximum atomic E-state index is 13.0. The predicted octanol–water partition coefficient (Wildman–Crippen LogP) is 4.73. The molecule has 4 nitrogen and oxygen atoms in total. The minimum absolute atomic E-state index is 0.232. The highest BCUT2D eigenvalue weighted by Gasteiger charge is 2.34. The lowest BCUT2D eigenvalue weighted by molar-refractivity contribution is -0.141. The number of hydrogen-bond donors (Lipinski definition) is 0. The SMILES string of the molecule is CCn1c(Sc2nc(C(F)(F)F)cs2)nnc1-c1ccc(F)cc1. The highest BCUT2D eigenvalue weighted by atomic mass is 32.2.